The highest BCUT2D eigenvalue weighted by atomic mass is 35.5. The van der Waals surface area contributed by atoms with Crippen LogP contribution in [-0.4, -0.2) is 27.5 Å². The van der Waals surface area contributed by atoms with Gasteiger partial charge in [-0.05, 0) is 54.8 Å². The molecule has 0 saturated heterocycles. The summed E-state index contributed by atoms with van der Waals surface area (Å²) < 4.78 is 33.8. The van der Waals surface area contributed by atoms with Crippen LogP contribution in [0, 0.1) is 0 Å². The molecule has 1 amide bonds. The van der Waals surface area contributed by atoms with Gasteiger partial charge in [0.15, 0.2) is 0 Å². The number of ether oxygens (including phenoxy) is 1. The number of sulfonamides is 1. The van der Waals surface area contributed by atoms with Crippen molar-refractivity contribution < 1.29 is 17.9 Å². The van der Waals surface area contributed by atoms with Gasteiger partial charge in [0.2, 0.25) is 15.9 Å². The normalized spacial score (nSPS) is 13.2. The zero-order valence-corrected chi connectivity index (χ0v) is 20.4. The number of hydrogen-bond acceptors (Lipinski definition) is 4. The van der Waals surface area contributed by atoms with E-state index >= 15 is 0 Å². The Labute approximate surface area is 203 Å². The van der Waals surface area contributed by atoms with Crippen molar-refractivity contribution in [1.29, 1.82) is 0 Å². The summed E-state index contributed by atoms with van der Waals surface area (Å²) in [5, 5.41) is 3.63. The zero-order valence-electron chi connectivity index (χ0n) is 18.1. The number of carbonyl (C=O) groups excluding carboxylic acids is 1. The molecule has 0 heterocycles. The average molecular weight is 507 g/mol. The van der Waals surface area contributed by atoms with Crippen molar-refractivity contribution >= 4 is 39.1 Å². The van der Waals surface area contributed by atoms with Crippen LogP contribution in [-0.2, 0) is 21.2 Å². The molecule has 0 unspecified atom stereocenters. The Balaban J connectivity index is 1.84. The number of methoxy groups -OCH3 is 1. The van der Waals surface area contributed by atoms with Crippen LogP contribution in [0.15, 0.2) is 77.7 Å². The van der Waals surface area contributed by atoms with Gasteiger partial charge >= 0.3 is 0 Å². The molecule has 3 aromatic carbocycles. The minimum atomic E-state index is -4.05. The molecule has 3 rings (SSSR count). The summed E-state index contributed by atoms with van der Waals surface area (Å²) in [6, 6.07) is 19.0. The van der Waals surface area contributed by atoms with Crippen LogP contribution in [0.25, 0.3) is 0 Å². The summed E-state index contributed by atoms with van der Waals surface area (Å²) >= 11 is 12.0. The molecule has 0 aliphatic heterocycles. The first-order valence-electron chi connectivity index (χ1n) is 10.1. The third-order valence-corrected chi connectivity index (χ3v) is 7.08. The molecule has 2 atom stereocenters. The van der Waals surface area contributed by atoms with E-state index < -0.39 is 22.0 Å². The molecule has 0 saturated carbocycles. The third-order valence-electron chi connectivity index (χ3n) is 5.06. The average Bonchev–Trinajstić information content (AvgIpc) is 2.79. The van der Waals surface area contributed by atoms with E-state index in [0.29, 0.717) is 10.8 Å². The summed E-state index contributed by atoms with van der Waals surface area (Å²) in [7, 11) is -2.61. The summed E-state index contributed by atoms with van der Waals surface area (Å²) in [5.41, 5.74) is 1.66. The van der Waals surface area contributed by atoms with Crippen LogP contribution < -0.4 is 14.8 Å². The Hall–Kier alpha value is -2.58. The van der Waals surface area contributed by atoms with Crippen molar-refractivity contribution in [3.63, 3.8) is 0 Å². The van der Waals surface area contributed by atoms with Gasteiger partial charge in [0, 0.05) is 5.02 Å². The van der Waals surface area contributed by atoms with Gasteiger partial charge in [-0.1, -0.05) is 65.7 Å². The Morgan fingerprint density at radius 3 is 2.27 bits per heavy atom. The molecular formula is C24H24Cl2N2O4S. The van der Waals surface area contributed by atoms with Gasteiger partial charge in [0.1, 0.15) is 11.8 Å². The maximum absolute atomic E-state index is 13.2. The molecule has 2 N–H and O–H groups in total. The first kappa shape index (κ1) is 25.1. The molecule has 9 heteroatoms. The van der Waals surface area contributed by atoms with Crippen LogP contribution >= 0.6 is 23.2 Å². The molecule has 3 aromatic rings. The molecule has 0 radical (unpaired) electrons. The number of benzene rings is 3. The lowest BCUT2D eigenvalue weighted by Crippen LogP contribution is -2.48. The molecule has 33 heavy (non-hydrogen) atoms. The molecule has 174 valence electrons. The topological polar surface area (TPSA) is 84.5 Å². The van der Waals surface area contributed by atoms with E-state index in [1.54, 1.807) is 12.1 Å². The fraction of sp³-hybridized carbons (Fsp3) is 0.208. The number of halogens is 2. The Morgan fingerprint density at radius 1 is 1.00 bits per heavy atom. The lowest BCUT2D eigenvalue weighted by molar-refractivity contribution is -0.123. The van der Waals surface area contributed by atoms with Gasteiger partial charge < -0.3 is 10.1 Å². The van der Waals surface area contributed by atoms with Gasteiger partial charge in [0.05, 0.1) is 23.1 Å². The van der Waals surface area contributed by atoms with Gasteiger partial charge in [-0.3, -0.25) is 4.79 Å². The molecule has 0 aliphatic carbocycles. The summed E-state index contributed by atoms with van der Waals surface area (Å²) in [6.07, 6.45) is 0.170. The van der Waals surface area contributed by atoms with E-state index in [4.69, 9.17) is 27.9 Å². The first-order valence-corrected chi connectivity index (χ1v) is 12.4. The van der Waals surface area contributed by atoms with Crippen molar-refractivity contribution in [1.82, 2.24) is 10.0 Å². The highest BCUT2D eigenvalue weighted by molar-refractivity contribution is 7.89. The minimum Gasteiger partial charge on any atom is -0.495 e. The van der Waals surface area contributed by atoms with Crippen molar-refractivity contribution in [3.8, 4) is 5.75 Å². The number of rotatable bonds is 9. The molecule has 6 nitrogen and oxygen atoms in total. The Bertz CT molecular complexity index is 1200. The first-order chi connectivity index (χ1) is 15.7. The summed E-state index contributed by atoms with van der Waals surface area (Å²) in [5.74, 6) is -0.101. The Morgan fingerprint density at radius 2 is 1.67 bits per heavy atom. The standard InChI is InChI=1S/C24H24Cl2N2O4S/c1-16(18-8-10-19(25)11-9-18)27-24(29)22(14-17-6-4-3-5-7-17)28-33(30,31)20-12-13-23(32-2)21(26)15-20/h3-13,15-16,22,28H,14H2,1-2H3,(H,27,29)/t16-,22-/m1/s1. The SMILES string of the molecule is COc1ccc(S(=O)(=O)N[C@H](Cc2ccccc2)C(=O)N[C@H](C)c2ccc(Cl)cc2)cc1Cl. The summed E-state index contributed by atoms with van der Waals surface area (Å²) in [6.45, 7) is 1.82. The van der Waals surface area contributed by atoms with E-state index in [9.17, 15) is 13.2 Å². The molecule has 0 aliphatic rings. The van der Waals surface area contributed by atoms with Crippen molar-refractivity contribution in [2.24, 2.45) is 0 Å². The second kappa shape index (κ2) is 11.0. The smallest absolute Gasteiger partial charge is 0.241 e. The predicted molar refractivity (Wildman–Crippen MR) is 130 cm³/mol. The maximum Gasteiger partial charge on any atom is 0.241 e. The molecule has 0 fully saturated rings. The minimum absolute atomic E-state index is 0.0649. The molecule has 0 aromatic heterocycles. The van der Waals surface area contributed by atoms with Crippen LogP contribution in [0.2, 0.25) is 10.0 Å². The zero-order chi connectivity index (χ0) is 24.0. The molecular weight excluding hydrogens is 483 g/mol. The van der Waals surface area contributed by atoms with E-state index in [-0.39, 0.29) is 22.4 Å². The second-order valence-electron chi connectivity index (χ2n) is 7.44. The molecule has 0 bridgehead atoms. The van der Waals surface area contributed by atoms with Crippen molar-refractivity contribution in [2.45, 2.75) is 30.3 Å². The lowest BCUT2D eigenvalue weighted by Gasteiger charge is -2.22. The number of nitrogens with one attached hydrogen (secondary N) is 2. The maximum atomic E-state index is 13.2. The highest BCUT2D eigenvalue weighted by Crippen LogP contribution is 2.27. The van der Waals surface area contributed by atoms with Crippen LogP contribution in [0.3, 0.4) is 0 Å². The highest BCUT2D eigenvalue weighted by Gasteiger charge is 2.27. The van der Waals surface area contributed by atoms with E-state index in [1.165, 1.54) is 25.3 Å². The van der Waals surface area contributed by atoms with E-state index in [2.05, 4.69) is 10.0 Å². The largest absolute Gasteiger partial charge is 0.495 e. The Kier molecular flexibility index (Phi) is 8.37. The van der Waals surface area contributed by atoms with E-state index in [0.717, 1.165) is 11.1 Å². The summed E-state index contributed by atoms with van der Waals surface area (Å²) in [4.78, 5) is 13.1. The fourth-order valence-corrected chi connectivity index (χ4v) is 4.93. The number of carbonyl (C=O) groups is 1. The number of amides is 1. The number of hydrogen-bond donors (Lipinski definition) is 2. The molecule has 0 spiro atoms. The predicted octanol–water partition coefficient (Wildman–Crippen LogP) is 4.77. The monoisotopic (exact) mass is 506 g/mol. The third kappa shape index (κ3) is 6.71. The lowest BCUT2D eigenvalue weighted by atomic mass is 10.0. The van der Waals surface area contributed by atoms with Crippen LogP contribution in [0.4, 0.5) is 0 Å². The van der Waals surface area contributed by atoms with Crippen LogP contribution in [0.1, 0.15) is 24.1 Å². The van der Waals surface area contributed by atoms with Crippen LogP contribution in [0.5, 0.6) is 5.75 Å². The van der Waals surface area contributed by atoms with Crippen molar-refractivity contribution in [2.75, 3.05) is 7.11 Å². The van der Waals surface area contributed by atoms with Gasteiger partial charge in [-0.2, -0.15) is 4.72 Å². The quantitative estimate of drug-likeness (QED) is 0.437. The van der Waals surface area contributed by atoms with E-state index in [1.807, 2.05) is 49.4 Å². The van der Waals surface area contributed by atoms with Gasteiger partial charge in [-0.15, -0.1) is 0 Å². The van der Waals surface area contributed by atoms with Gasteiger partial charge in [-0.25, -0.2) is 8.42 Å². The fourth-order valence-electron chi connectivity index (χ4n) is 3.26. The van der Waals surface area contributed by atoms with Crippen molar-refractivity contribution in [3.05, 3.63) is 94.0 Å². The second-order valence-corrected chi connectivity index (χ2v) is 10.00. The van der Waals surface area contributed by atoms with Gasteiger partial charge in [0.25, 0.3) is 0 Å².